The minimum absolute atomic E-state index is 0.319. The van der Waals surface area contributed by atoms with Gasteiger partial charge < -0.3 is 9.47 Å². The molecule has 0 amide bonds. The molecule has 0 aliphatic heterocycles. The molecule has 0 aliphatic carbocycles. The summed E-state index contributed by atoms with van der Waals surface area (Å²) in [4.78, 5) is 16.1. The number of ether oxygens (including phenoxy) is 2. The second-order valence-corrected chi connectivity index (χ2v) is 4.45. The molecule has 1 aromatic carbocycles. The lowest BCUT2D eigenvalue weighted by Crippen LogP contribution is -2.10. The standard InChI is InChI=1S/C16H14N2O3/c1-20-16(19)14-8-5-9-15-17-10-12(18(14)15)11-21-13-6-3-2-4-7-13/h2-10H,11H2,1H3. The van der Waals surface area contributed by atoms with E-state index in [0.717, 1.165) is 11.4 Å². The van der Waals surface area contributed by atoms with Crippen LogP contribution in [0.15, 0.2) is 54.7 Å². The summed E-state index contributed by atoms with van der Waals surface area (Å²) in [6, 6.07) is 14.8. The second kappa shape index (κ2) is 5.66. The first-order valence-electron chi connectivity index (χ1n) is 6.51. The fraction of sp³-hybridized carbons (Fsp3) is 0.125. The monoisotopic (exact) mass is 282 g/mol. The molecule has 21 heavy (non-hydrogen) atoms. The molecular weight excluding hydrogens is 268 g/mol. The number of hydrogen-bond acceptors (Lipinski definition) is 4. The van der Waals surface area contributed by atoms with Crippen LogP contribution < -0.4 is 4.74 Å². The highest BCUT2D eigenvalue weighted by Crippen LogP contribution is 2.15. The third-order valence-electron chi connectivity index (χ3n) is 3.13. The van der Waals surface area contributed by atoms with Gasteiger partial charge in [0.2, 0.25) is 0 Å². The van der Waals surface area contributed by atoms with E-state index in [0.29, 0.717) is 17.9 Å². The highest BCUT2D eigenvalue weighted by atomic mass is 16.5. The molecule has 0 unspecified atom stereocenters. The molecule has 0 fully saturated rings. The van der Waals surface area contributed by atoms with E-state index >= 15 is 0 Å². The van der Waals surface area contributed by atoms with Crippen LogP contribution in [0, 0.1) is 0 Å². The number of hydrogen-bond donors (Lipinski definition) is 0. The van der Waals surface area contributed by atoms with Crippen molar-refractivity contribution in [1.82, 2.24) is 9.38 Å². The number of rotatable bonds is 4. The molecule has 2 aromatic heterocycles. The molecule has 0 bridgehead atoms. The molecule has 3 aromatic rings. The van der Waals surface area contributed by atoms with Crippen molar-refractivity contribution in [3.63, 3.8) is 0 Å². The average molecular weight is 282 g/mol. The first kappa shape index (κ1) is 13.2. The van der Waals surface area contributed by atoms with E-state index in [-0.39, 0.29) is 0 Å². The minimum Gasteiger partial charge on any atom is -0.487 e. The molecule has 5 heteroatoms. The van der Waals surface area contributed by atoms with Crippen molar-refractivity contribution in [2.75, 3.05) is 7.11 Å². The Labute approximate surface area is 121 Å². The van der Waals surface area contributed by atoms with Crippen molar-refractivity contribution in [1.29, 1.82) is 0 Å². The first-order chi connectivity index (χ1) is 10.3. The Morgan fingerprint density at radius 3 is 2.71 bits per heavy atom. The van der Waals surface area contributed by atoms with Gasteiger partial charge in [-0.15, -0.1) is 0 Å². The van der Waals surface area contributed by atoms with E-state index in [2.05, 4.69) is 4.98 Å². The predicted molar refractivity (Wildman–Crippen MR) is 77.3 cm³/mol. The largest absolute Gasteiger partial charge is 0.487 e. The number of imidazole rings is 1. The van der Waals surface area contributed by atoms with E-state index in [1.54, 1.807) is 22.7 Å². The summed E-state index contributed by atoms with van der Waals surface area (Å²) in [6.45, 7) is 0.319. The van der Waals surface area contributed by atoms with Gasteiger partial charge in [-0.05, 0) is 24.3 Å². The van der Waals surface area contributed by atoms with Crippen LogP contribution in [0.3, 0.4) is 0 Å². The number of para-hydroxylation sites is 1. The number of pyridine rings is 1. The number of methoxy groups -OCH3 is 1. The van der Waals surface area contributed by atoms with Gasteiger partial charge in [0.15, 0.2) is 0 Å². The smallest absolute Gasteiger partial charge is 0.355 e. The summed E-state index contributed by atoms with van der Waals surface area (Å²) in [6.07, 6.45) is 1.70. The van der Waals surface area contributed by atoms with Gasteiger partial charge in [-0.2, -0.15) is 0 Å². The zero-order valence-electron chi connectivity index (χ0n) is 11.5. The number of aromatic nitrogens is 2. The van der Waals surface area contributed by atoms with E-state index in [9.17, 15) is 4.79 Å². The Morgan fingerprint density at radius 2 is 1.95 bits per heavy atom. The number of esters is 1. The normalized spacial score (nSPS) is 10.5. The van der Waals surface area contributed by atoms with Gasteiger partial charge in [0.1, 0.15) is 23.7 Å². The Kier molecular flexibility index (Phi) is 3.55. The van der Waals surface area contributed by atoms with E-state index in [1.165, 1.54) is 7.11 Å². The Bertz CT molecular complexity index is 766. The first-order valence-corrected chi connectivity index (χ1v) is 6.51. The van der Waals surface area contributed by atoms with Crippen molar-refractivity contribution < 1.29 is 14.3 Å². The Morgan fingerprint density at radius 1 is 1.14 bits per heavy atom. The molecule has 0 spiro atoms. The SMILES string of the molecule is COC(=O)c1cccc2ncc(COc3ccccc3)n12. The summed E-state index contributed by atoms with van der Waals surface area (Å²) in [5, 5.41) is 0. The van der Waals surface area contributed by atoms with Crippen LogP contribution in [0.1, 0.15) is 16.2 Å². The molecule has 0 saturated carbocycles. The van der Waals surface area contributed by atoms with Crippen molar-refractivity contribution in [2.45, 2.75) is 6.61 Å². The molecule has 2 heterocycles. The molecule has 106 valence electrons. The van der Waals surface area contributed by atoms with Crippen LogP contribution in [-0.2, 0) is 11.3 Å². The molecule has 0 saturated heterocycles. The highest BCUT2D eigenvalue weighted by Gasteiger charge is 2.14. The zero-order valence-corrected chi connectivity index (χ0v) is 11.5. The van der Waals surface area contributed by atoms with Crippen molar-refractivity contribution >= 4 is 11.6 Å². The van der Waals surface area contributed by atoms with E-state index in [1.807, 2.05) is 36.4 Å². The maximum absolute atomic E-state index is 11.8. The molecule has 3 rings (SSSR count). The number of carbonyl (C=O) groups excluding carboxylic acids is 1. The lowest BCUT2D eigenvalue weighted by atomic mass is 10.3. The third-order valence-corrected chi connectivity index (χ3v) is 3.13. The fourth-order valence-electron chi connectivity index (χ4n) is 2.14. The quantitative estimate of drug-likeness (QED) is 0.690. The highest BCUT2D eigenvalue weighted by molar-refractivity contribution is 5.88. The fourth-order valence-corrected chi connectivity index (χ4v) is 2.14. The summed E-state index contributed by atoms with van der Waals surface area (Å²) in [5.41, 5.74) is 1.90. The van der Waals surface area contributed by atoms with Crippen molar-refractivity contribution in [3.05, 3.63) is 66.1 Å². The molecule has 0 N–H and O–H groups in total. The summed E-state index contributed by atoms with van der Waals surface area (Å²) in [7, 11) is 1.36. The number of fused-ring (bicyclic) bond motifs is 1. The van der Waals surface area contributed by atoms with Gasteiger partial charge in [0.25, 0.3) is 0 Å². The predicted octanol–water partition coefficient (Wildman–Crippen LogP) is 2.70. The third kappa shape index (κ3) is 2.58. The van der Waals surface area contributed by atoms with Crippen LogP contribution >= 0.6 is 0 Å². The lowest BCUT2D eigenvalue weighted by Gasteiger charge is -2.08. The topological polar surface area (TPSA) is 52.8 Å². The van der Waals surface area contributed by atoms with Gasteiger partial charge in [0.05, 0.1) is 19.0 Å². The van der Waals surface area contributed by atoms with Gasteiger partial charge in [0, 0.05) is 0 Å². The number of carbonyl (C=O) groups is 1. The van der Waals surface area contributed by atoms with Crippen LogP contribution in [-0.4, -0.2) is 22.5 Å². The van der Waals surface area contributed by atoms with Gasteiger partial charge in [-0.25, -0.2) is 9.78 Å². The van der Waals surface area contributed by atoms with E-state index in [4.69, 9.17) is 9.47 Å². The molecule has 0 aliphatic rings. The van der Waals surface area contributed by atoms with Crippen LogP contribution in [0.4, 0.5) is 0 Å². The lowest BCUT2D eigenvalue weighted by molar-refractivity contribution is 0.0591. The maximum Gasteiger partial charge on any atom is 0.355 e. The van der Waals surface area contributed by atoms with Crippen molar-refractivity contribution in [3.8, 4) is 5.75 Å². The zero-order chi connectivity index (χ0) is 14.7. The van der Waals surface area contributed by atoms with Crippen LogP contribution in [0.2, 0.25) is 0 Å². The van der Waals surface area contributed by atoms with Gasteiger partial charge in [-0.1, -0.05) is 24.3 Å². The molecule has 0 radical (unpaired) electrons. The van der Waals surface area contributed by atoms with E-state index < -0.39 is 5.97 Å². The van der Waals surface area contributed by atoms with Gasteiger partial charge in [-0.3, -0.25) is 4.40 Å². The Balaban J connectivity index is 1.94. The average Bonchev–Trinajstić information content (AvgIpc) is 2.96. The van der Waals surface area contributed by atoms with Crippen molar-refractivity contribution in [2.24, 2.45) is 0 Å². The molecular formula is C16H14N2O3. The van der Waals surface area contributed by atoms with Crippen LogP contribution in [0.25, 0.3) is 5.65 Å². The summed E-state index contributed by atoms with van der Waals surface area (Å²) >= 11 is 0. The number of nitrogens with zero attached hydrogens (tertiary/aromatic N) is 2. The van der Waals surface area contributed by atoms with Gasteiger partial charge >= 0.3 is 5.97 Å². The summed E-state index contributed by atoms with van der Waals surface area (Å²) in [5.74, 6) is 0.363. The van der Waals surface area contributed by atoms with Crippen LogP contribution in [0.5, 0.6) is 5.75 Å². The minimum atomic E-state index is -0.403. The second-order valence-electron chi connectivity index (χ2n) is 4.45. The molecule has 5 nitrogen and oxygen atoms in total. The maximum atomic E-state index is 11.8. The number of benzene rings is 1. The molecule has 0 atom stereocenters. The Hall–Kier alpha value is -2.82. The summed E-state index contributed by atoms with van der Waals surface area (Å²) < 4.78 is 12.3.